The zero-order valence-corrected chi connectivity index (χ0v) is 19.8. The molecule has 0 heterocycles. The molecule has 32 heavy (non-hydrogen) atoms. The smallest absolute Gasteiger partial charge is 0.307 e. The number of ether oxygens (including phenoxy) is 1. The fraction of sp³-hybridized carbons (Fsp3) is 0.556. The average Bonchev–Trinajstić information content (AvgIpc) is 2.74. The number of aliphatic carboxylic acids is 1. The third kappa shape index (κ3) is 5.07. The van der Waals surface area contributed by atoms with Gasteiger partial charge in [-0.3, -0.25) is 4.79 Å². The molecule has 5 nitrogen and oxygen atoms in total. The second kappa shape index (κ2) is 9.92. The third-order valence-electron chi connectivity index (χ3n) is 7.41. The van der Waals surface area contributed by atoms with Crippen LogP contribution in [0.1, 0.15) is 76.5 Å². The first-order valence-corrected chi connectivity index (χ1v) is 11.7. The molecule has 2 atom stereocenters. The summed E-state index contributed by atoms with van der Waals surface area (Å²) in [5, 5.41) is 22.8. The highest BCUT2D eigenvalue weighted by Gasteiger charge is 2.51. The van der Waals surface area contributed by atoms with Gasteiger partial charge in [-0.1, -0.05) is 51.1 Å². The number of nitrogens with one attached hydrogen (secondary N) is 1. The van der Waals surface area contributed by atoms with Crippen LogP contribution < -0.4 is 10.1 Å². The van der Waals surface area contributed by atoms with Crippen LogP contribution in [0.15, 0.2) is 24.3 Å². The van der Waals surface area contributed by atoms with Crippen molar-refractivity contribution in [2.75, 3.05) is 6.54 Å². The molecular weight excluding hydrogens is 400 g/mol. The van der Waals surface area contributed by atoms with Gasteiger partial charge in [-0.25, -0.2) is 0 Å². The van der Waals surface area contributed by atoms with Gasteiger partial charge < -0.3 is 15.2 Å². The number of carbonyl (C=O) groups is 1. The zero-order chi connectivity index (χ0) is 23.5. The number of rotatable bonds is 8. The van der Waals surface area contributed by atoms with E-state index in [9.17, 15) is 15.2 Å². The molecule has 2 saturated carbocycles. The molecule has 0 saturated heterocycles. The summed E-state index contributed by atoms with van der Waals surface area (Å²) in [5.41, 5.74) is 3.08. The molecule has 2 aliphatic rings. The van der Waals surface area contributed by atoms with Gasteiger partial charge in [-0.15, -0.1) is 0 Å². The van der Waals surface area contributed by atoms with Gasteiger partial charge in [0.2, 0.25) is 0 Å². The maximum absolute atomic E-state index is 11.4. The number of hydrogen-bond donors (Lipinski definition) is 2. The van der Waals surface area contributed by atoms with Crippen molar-refractivity contribution in [1.29, 1.82) is 5.26 Å². The number of hydrogen-bond acceptors (Lipinski definition) is 4. The van der Waals surface area contributed by atoms with Crippen LogP contribution in [0.3, 0.4) is 0 Å². The lowest BCUT2D eigenvalue weighted by Crippen LogP contribution is -2.59. The van der Waals surface area contributed by atoms with E-state index < -0.39 is 5.97 Å². The maximum Gasteiger partial charge on any atom is 0.307 e. The van der Waals surface area contributed by atoms with Crippen molar-refractivity contribution < 1.29 is 14.6 Å². The number of carboxylic acids is 1. The first kappa shape index (κ1) is 24.1. The molecule has 0 aliphatic heterocycles. The summed E-state index contributed by atoms with van der Waals surface area (Å²) in [6, 6.07) is 6.37. The fourth-order valence-corrected chi connectivity index (χ4v) is 4.96. The van der Waals surface area contributed by atoms with Gasteiger partial charge in [0.25, 0.3) is 0 Å². The lowest BCUT2D eigenvalue weighted by atomic mass is 9.58. The van der Waals surface area contributed by atoms with Gasteiger partial charge in [0.15, 0.2) is 0 Å². The second-order valence-electron chi connectivity index (χ2n) is 10.1. The Kier molecular flexibility index (Phi) is 7.46. The number of carboxylic acid groups (broad SMARTS) is 1. The first-order chi connectivity index (χ1) is 15.2. The van der Waals surface area contributed by atoms with E-state index in [2.05, 4.69) is 24.9 Å². The topological polar surface area (TPSA) is 82.3 Å². The molecule has 2 fully saturated rings. The van der Waals surface area contributed by atoms with Crippen molar-refractivity contribution in [1.82, 2.24) is 5.32 Å². The maximum atomic E-state index is 11.4. The van der Waals surface area contributed by atoms with Crippen molar-refractivity contribution in [3.63, 3.8) is 0 Å². The molecule has 0 amide bonds. The summed E-state index contributed by atoms with van der Waals surface area (Å²) in [6.45, 7) is 12.9. The molecule has 1 aromatic carbocycles. The van der Waals surface area contributed by atoms with Crippen molar-refractivity contribution >= 4 is 18.1 Å². The highest BCUT2D eigenvalue weighted by atomic mass is 16.5. The van der Waals surface area contributed by atoms with Crippen LogP contribution >= 0.6 is 0 Å². The first-order valence-electron chi connectivity index (χ1n) is 11.7. The Labute approximate surface area is 192 Å². The summed E-state index contributed by atoms with van der Waals surface area (Å²) in [4.78, 5) is 11.4. The molecule has 1 aromatic rings. The molecular formula is C27H36N2O3. The largest absolute Gasteiger partial charge is 0.489 e. The standard InChI is InChI=1S/C27H36N2O3/c1-6-19-9-12-24(32-20-10-7-17(2)8-11-20)22(15-28)21(19)13-18(3)16-29-25-14-23(26(30)31)27(25,4)5/h6,9,12-13,17,20,23,25,29H,1,7-8,10-11,14,16H2,2-5H3,(H,30,31)/b18-13+/t17?,20?,23-,25-/m0/s1. The monoisotopic (exact) mass is 436 g/mol. The molecule has 2 N–H and O–H groups in total. The Morgan fingerprint density at radius 2 is 2.03 bits per heavy atom. The molecule has 0 aromatic heterocycles. The summed E-state index contributed by atoms with van der Waals surface area (Å²) in [7, 11) is 0. The Morgan fingerprint density at radius 3 is 2.59 bits per heavy atom. The van der Waals surface area contributed by atoms with Crippen LogP contribution in [-0.4, -0.2) is 29.8 Å². The van der Waals surface area contributed by atoms with Crippen LogP contribution in [0, 0.1) is 28.6 Å². The lowest BCUT2D eigenvalue weighted by molar-refractivity contribution is -0.155. The quantitative estimate of drug-likeness (QED) is 0.550. The van der Waals surface area contributed by atoms with E-state index in [4.69, 9.17) is 4.74 Å². The van der Waals surface area contributed by atoms with Crippen molar-refractivity contribution in [3.8, 4) is 11.8 Å². The molecule has 0 radical (unpaired) electrons. The van der Waals surface area contributed by atoms with Gasteiger partial charge >= 0.3 is 5.97 Å². The van der Waals surface area contributed by atoms with Crippen LogP contribution in [0.5, 0.6) is 5.75 Å². The molecule has 0 unspecified atom stereocenters. The SMILES string of the molecule is C=Cc1ccc(OC2CCC(C)CC2)c(C#N)c1/C=C(\C)CN[C@H]1C[C@@H](C(=O)O)C1(C)C. The van der Waals surface area contributed by atoms with E-state index in [0.29, 0.717) is 24.3 Å². The zero-order valence-electron chi connectivity index (χ0n) is 19.8. The Hall–Kier alpha value is -2.58. The van der Waals surface area contributed by atoms with Crippen LogP contribution in [0.4, 0.5) is 0 Å². The molecule has 5 heteroatoms. The van der Waals surface area contributed by atoms with Crippen molar-refractivity contribution in [2.24, 2.45) is 17.3 Å². The fourth-order valence-electron chi connectivity index (χ4n) is 4.96. The molecule has 2 aliphatic carbocycles. The van der Waals surface area contributed by atoms with E-state index in [1.165, 1.54) is 0 Å². The van der Waals surface area contributed by atoms with Gasteiger partial charge in [-0.05, 0) is 62.0 Å². The minimum atomic E-state index is -0.723. The van der Waals surface area contributed by atoms with Crippen molar-refractivity contribution in [2.45, 2.75) is 71.9 Å². The summed E-state index contributed by atoms with van der Waals surface area (Å²) < 4.78 is 6.28. The van der Waals surface area contributed by atoms with Crippen LogP contribution in [-0.2, 0) is 4.79 Å². The predicted octanol–water partition coefficient (Wildman–Crippen LogP) is 5.65. The number of benzene rings is 1. The van der Waals surface area contributed by atoms with E-state index in [1.54, 1.807) is 6.08 Å². The minimum absolute atomic E-state index is 0.157. The predicted molar refractivity (Wildman–Crippen MR) is 128 cm³/mol. The third-order valence-corrected chi connectivity index (χ3v) is 7.41. The highest BCUT2D eigenvalue weighted by molar-refractivity contribution is 5.74. The lowest BCUT2D eigenvalue weighted by Gasteiger charge is -2.50. The highest BCUT2D eigenvalue weighted by Crippen LogP contribution is 2.46. The Morgan fingerprint density at radius 1 is 1.34 bits per heavy atom. The second-order valence-corrected chi connectivity index (χ2v) is 10.1. The number of nitrogens with zero attached hydrogens (tertiary/aromatic N) is 1. The van der Waals surface area contributed by atoms with Gasteiger partial charge in [0.05, 0.1) is 12.0 Å². The van der Waals surface area contributed by atoms with E-state index in [-0.39, 0.29) is 23.5 Å². The summed E-state index contributed by atoms with van der Waals surface area (Å²) in [5.74, 6) is 0.361. The molecule has 172 valence electrons. The Bertz CT molecular complexity index is 933. The number of nitriles is 1. The summed E-state index contributed by atoms with van der Waals surface area (Å²) >= 11 is 0. The molecule has 0 spiro atoms. The van der Waals surface area contributed by atoms with Gasteiger partial charge in [0, 0.05) is 18.2 Å². The molecule has 0 bridgehead atoms. The van der Waals surface area contributed by atoms with E-state index >= 15 is 0 Å². The summed E-state index contributed by atoms with van der Waals surface area (Å²) in [6.07, 6.45) is 8.97. The van der Waals surface area contributed by atoms with Gasteiger partial charge in [0.1, 0.15) is 17.4 Å². The average molecular weight is 437 g/mol. The van der Waals surface area contributed by atoms with E-state index in [0.717, 1.165) is 48.3 Å². The van der Waals surface area contributed by atoms with Crippen LogP contribution in [0.2, 0.25) is 0 Å². The van der Waals surface area contributed by atoms with Gasteiger partial charge in [-0.2, -0.15) is 5.26 Å². The van der Waals surface area contributed by atoms with E-state index in [1.807, 2.05) is 39.0 Å². The van der Waals surface area contributed by atoms with Crippen molar-refractivity contribution in [3.05, 3.63) is 41.0 Å². The van der Waals surface area contributed by atoms with Crippen LogP contribution in [0.25, 0.3) is 12.2 Å². The molecule has 3 rings (SSSR count). The minimum Gasteiger partial charge on any atom is -0.489 e. The normalized spacial score (nSPS) is 27.2. The Balaban J connectivity index is 1.75.